The molecule has 8 heteroatoms. The Bertz CT molecular complexity index is 616. The molecule has 0 aliphatic rings. The van der Waals surface area contributed by atoms with Crippen molar-refractivity contribution in [3.8, 4) is 0 Å². The molecule has 1 aromatic carbocycles. The SMILES string of the molecule is [N-]=[N+]=NC/C=C/COC(=O)C(=[N+]=[N-])c1ccccc1Cl. The zero-order chi connectivity index (χ0) is 14.8. The van der Waals surface area contributed by atoms with Crippen molar-refractivity contribution < 1.29 is 14.3 Å². The van der Waals surface area contributed by atoms with Gasteiger partial charge in [0.15, 0.2) is 0 Å². The van der Waals surface area contributed by atoms with E-state index in [0.29, 0.717) is 0 Å². The second kappa shape index (κ2) is 8.50. The number of nitrogens with zero attached hydrogens (tertiary/aromatic N) is 5. The van der Waals surface area contributed by atoms with E-state index in [1.807, 2.05) is 0 Å². The number of halogens is 1. The zero-order valence-electron chi connectivity index (χ0n) is 10.3. The first-order chi connectivity index (χ1) is 9.70. The molecule has 0 aliphatic heterocycles. The normalized spacial score (nSPS) is 9.65. The molecule has 20 heavy (non-hydrogen) atoms. The van der Waals surface area contributed by atoms with Gasteiger partial charge in [-0.05, 0) is 17.7 Å². The summed E-state index contributed by atoms with van der Waals surface area (Å²) in [4.78, 5) is 17.2. The molecular formula is C12H10ClN5O2. The number of hydrogen-bond donors (Lipinski definition) is 0. The number of azide groups is 1. The van der Waals surface area contributed by atoms with Gasteiger partial charge in [0.05, 0.1) is 10.6 Å². The predicted octanol–water partition coefficient (Wildman–Crippen LogP) is 2.77. The highest BCUT2D eigenvalue weighted by atomic mass is 35.5. The fraction of sp³-hybridized carbons (Fsp3) is 0.167. The monoisotopic (exact) mass is 291 g/mol. The molecule has 0 saturated heterocycles. The summed E-state index contributed by atoms with van der Waals surface area (Å²) >= 11 is 5.90. The number of ether oxygens (including phenoxy) is 1. The van der Waals surface area contributed by atoms with E-state index in [4.69, 9.17) is 27.4 Å². The zero-order valence-corrected chi connectivity index (χ0v) is 11.1. The van der Waals surface area contributed by atoms with Crippen LogP contribution in [0.2, 0.25) is 5.02 Å². The highest BCUT2D eigenvalue weighted by molar-refractivity contribution is 6.45. The maximum Gasteiger partial charge on any atom is 0.422 e. The van der Waals surface area contributed by atoms with E-state index in [9.17, 15) is 4.79 Å². The van der Waals surface area contributed by atoms with Gasteiger partial charge < -0.3 is 10.3 Å². The Hall–Kier alpha value is -2.59. The van der Waals surface area contributed by atoms with Crippen molar-refractivity contribution in [1.29, 1.82) is 0 Å². The molecule has 0 saturated carbocycles. The van der Waals surface area contributed by atoms with Crippen LogP contribution < -0.4 is 0 Å². The Morgan fingerprint density at radius 1 is 1.35 bits per heavy atom. The van der Waals surface area contributed by atoms with Gasteiger partial charge in [0.1, 0.15) is 6.61 Å². The van der Waals surface area contributed by atoms with E-state index in [-0.39, 0.29) is 29.4 Å². The lowest BCUT2D eigenvalue weighted by atomic mass is 10.1. The fourth-order valence-corrected chi connectivity index (χ4v) is 1.50. The molecule has 0 aromatic heterocycles. The van der Waals surface area contributed by atoms with Gasteiger partial charge >= 0.3 is 11.7 Å². The van der Waals surface area contributed by atoms with Crippen molar-refractivity contribution in [2.75, 3.05) is 13.2 Å². The average Bonchev–Trinajstić information content (AvgIpc) is 2.45. The molecule has 1 aromatic rings. The van der Waals surface area contributed by atoms with Gasteiger partial charge in [-0.2, -0.15) is 4.79 Å². The lowest BCUT2D eigenvalue weighted by Crippen LogP contribution is -2.20. The number of benzene rings is 1. The standard InChI is InChI=1S/C12H10ClN5O2/c13-10-6-2-1-5-9(10)11(17-14)12(19)20-8-4-3-7-16-18-15/h1-6H,7-8H2/b4-3+. The minimum Gasteiger partial charge on any atom is -0.453 e. The van der Waals surface area contributed by atoms with Gasteiger partial charge in [-0.3, -0.25) is 0 Å². The number of carbonyl (C=O) groups excluding carboxylic acids is 1. The van der Waals surface area contributed by atoms with Crippen molar-refractivity contribution in [3.63, 3.8) is 0 Å². The minimum absolute atomic E-state index is 0.0384. The highest BCUT2D eigenvalue weighted by Gasteiger charge is 2.26. The van der Waals surface area contributed by atoms with Crippen molar-refractivity contribution in [2.45, 2.75) is 0 Å². The van der Waals surface area contributed by atoms with E-state index in [0.717, 1.165) is 0 Å². The Kier molecular flexibility index (Phi) is 6.57. The van der Waals surface area contributed by atoms with E-state index in [1.165, 1.54) is 18.2 Å². The summed E-state index contributed by atoms with van der Waals surface area (Å²) in [5.41, 5.74) is 17.0. The van der Waals surface area contributed by atoms with E-state index in [1.54, 1.807) is 18.2 Å². The summed E-state index contributed by atoms with van der Waals surface area (Å²) in [6, 6.07) is 6.44. The van der Waals surface area contributed by atoms with Crippen LogP contribution in [0, 0.1) is 0 Å². The average molecular weight is 292 g/mol. The molecule has 0 fully saturated rings. The molecule has 102 valence electrons. The third-order valence-corrected chi connectivity index (χ3v) is 2.48. The third-order valence-electron chi connectivity index (χ3n) is 2.15. The third kappa shape index (κ3) is 4.59. The van der Waals surface area contributed by atoms with Crippen LogP contribution in [0.25, 0.3) is 16.0 Å². The van der Waals surface area contributed by atoms with Crippen LogP contribution >= 0.6 is 11.6 Å². The van der Waals surface area contributed by atoms with Crippen LogP contribution in [0.4, 0.5) is 0 Å². The van der Waals surface area contributed by atoms with Crippen LogP contribution in [-0.4, -0.2) is 29.6 Å². The molecule has 0 radical (unpaired) electrons. The molecule has 0 atom stereocenters. The number of carbonyl (C=O) groups is 1. The lowest BCUT2D eigenvalue weighted by molar-refractivity contribution is -0.138. The van der Waals surface area contributed by atoms with Gasteiger partial charge in [-0.1, -0.05) is 41.0 Å². The molecule has 0 N–H and O–H groups in total. The van der Waals surface area contributed by atoms with Gasteiger partial charge in [0.25, 0.3) is 0 Å². The largest absolute Gasteiger partial charge is 0.453 e. The molecule has 7 nitrogen and oxygen atoms in total. The van der Waals surface area contributed by atoms with E-state index in [2.05, 4.69) is 14.8 Å². The maximum atomic E-state index is 11.7. The first kappa shape index (κ1) is 15.5. The maximum absolute atomic E-state index is 11.7. The summed E-state index contributed by atoms with van der Waals surface area (Å²) in [5.74, 6) is -0.811. The van der Waals surface area contributed by atoms with E-state index < -0.39 is 5.97 Å². The molecule has 0 amide bonds. The van der Waals surface area contributed by atoms with Crippen molar-refractivity contribution >= 4 is 23.3 Å². The lowest BCUT2D eigenvalue weighted by Gasteiger charge is -2.00. The summed E-state index contributed by atoms with van der Waals surface area (Å²) in [6.45, 7) is 0.128. The van der Waals surface area contributed by atoms with Crippen LogP contribution in [0.5, 0.6) is 0 Å². The molecule has 1 rings (SSSR count). The predicted molar refractivity (Wildman–Crippen MR) is 73.3 cm³/mol. The first-order valence-corrected chi connectivity index (χ1v) is 5.88. The summed E-state index contributed by atoms with van der Waals surface area (Å²) < 4.78 is 4.87. The molecule has 0 bridgehead atoms. The minimum atomic E-state index is -0.811. The number of esters is 1. The van der Waals surface area contributed by atoms with E-state index >= 15 is 0 Å². The second-order valence-electron chi connectivity index (χ2n) is 3.41. The Morgan fingerprint density at radius 2 is 2.10 bits per heavy atom. The quantitative estimate of drug-likeness (QED) is 0.200. The molecular weight excluding hydrogens is 282 g/mol. The van der Waals surface area contributed by atoms with Gasteiger partial charge in [-0.25, -0.2) is 4.79 Å². The van der Waals surface area contributed by atoms with Crippen molar-refractivity contribution in [2.24, 2.45) is 5.11 Å². The van der Waals surface area contributed by atoms with Crippen LogP contribution in [-0.2, 0) is 9.53 Å². The summed E-state index contributed by atoms with van der Waals surface area (Å²) in [5, 5.41) is 3.55. The Labute approximate surface area is 119 Å². The molecule has 0 aliphatic carbocycles. The Morgan fingerprint density at radius 3 is 2.75 bits per heavy atom. The molecule has 0 heterocycles. The number of hydrogen-bond acceptors (Lipinski definition) is 3. The molecule has 0 unspecified atom stereocenters. The van der Waals surface area contributed by atoms with Gasteiger partial charge in [0.2, 0.25) is 0 Å². The molecule has 0 spiro atoms. The van der Waals surface area contributed by atoms with Gasteiger partial charge in [0, 0.05) is 11.5 Å². The van der Waals surface area contributed by atoms with Crippen LogP contribution in [0.1, 0.15) is 5.56 Å². The second-order valence-corrected chi connectivity index (χ2v) is 3.82. The van der Waals surface area contributed by atoms with Crippen molar-refractivity contribution in [3.05, 3.63) is 63.0 Å². The fourth-order valence-electron chi connectivity index (χ4n) is 1.28. The number of rotatable bonds is 6. The Balaban J connectivity index is 2.66. The summed E-state index contributed by atoms with van der Waals surface area (Å²) in [6.07, 6.45) is 3.05. The van der Waals surface area contributed by atoms with Crippen molar-refractivity contribution in [1.82, 2.24) is 0 Å². The van der Waals surface area contributed by atoms with Crippen LogP contribution in [0.3, 0.4) is 0 Å². The topological polar surface area (TPSA) is 111 Å². The highest BCUT2D eigenvalue weighted by Crippen LogP contribution is 2.15. The van der Waals surface area contributed by atoms with Gasteiger partial charge in [-0.15, -0.1) is 0 Å². The van der Waals surface area contributed by atoms with Crippen LogP contribution in [0.15, 0.2) is 41.5 Å². The smallest absolute Gasteiger partial charge is 0.422 e. The first-order valence-electron chi connectivity index (χ1n) is 5.50. The summed E-state index contributed by atoms with van der Waals surface area (Å²) in [7, 11) is 0.